The zero-order chi connectivity index (χ0) is 16.3. The molecule has 1 aliphatic carbocycles. The molecule has 22 heavy (non-hydrogen) atoms. The van der Waals surface area contributed by atoms with Crippen LogP contribution in [0.3, 0.4) is 0 Å². The van der Waals surface area contributed by atoms with Crippen molar-refractivity contribution in [2.24, 2.45) is 5.92 Å². The van der Waals surface area contributed by atoms with Gasteiger partial charge in [0.25, 0.3) is 0 Å². The number of carboxylic acids is 1. The number of urea groups is 1. The lowest BCUT2D eigenvalue weighted by molar-refractivity contribution is -0.142. The maximum atomic E-state index is 12.2. The number of carboxylic acid groups (broad SMARTS) is 1. The molecule has 1 saturated carbocycles. The summed E-state index contributed by atoms with van der Waals surface area (Å²) >= 11 is 1.57. The molecule has 6 nitrogen and oxygen atoms in total. The number of aryl methyl sites for hydroxylation is 1. The Bertz CT molecular complexity index is 548. The van der Waals surface area contributed by atoms with Gasteiger partial charge in [-0.25, -0.2) is 9.78 Å². The largest absolute Gasteiger partial charge is 0.481 e. The van der Waals surface area contributed by atoms with Gasteiger partial charge in [0.15, 0.2) is 0 Å². The van der Waals surface area contributed by atoms with Crippen LogP contribution in [-0.4, -0.2) is 28.1 Å². The Morgan fingerprint density at radius 1 is 1.32 bits per heavy atom. The molecule has 0 aromatic carbocycles. The van der Waals surface area contributed by atoms with Crippen molar-refractivity contribution in [1.29, 1.82) is 0 Å². The van der Waals surface area contributed by atoms with Gasteiger partial charge in [-0.2, -0.15) is 0 Å². The first-order valence-electron chi connectivity index (χ1n) is 7.52. The van der Waals surface area contributed by atoms with Crippen molar-refractivity contribution < 1.29 is 14.7 Å². The summed E-state index contributed by atoms with van der Waals surface area (Å²) < 4.78 is 0. The molecule has 7 heteroatoms. The van der Waals surface area contributed by atoms with Crippen LogP contribution in [0.5, 0.6) is 0 Å². The molecular weight excluding hydrogens is 302 g/mol. The Labute approximate surface area is 134 Å². The fourth-order valence-electron chi connectivity index (χ4n) is 2.69. The minimum atomic E-state index is -0.733. The van der Waals surface area contributed by atoms with Gasteiger partial charge >= 0.3 is 12.0 Å². The quantitative estimate of drug-likeness (QED) is 0.793. The summed E-state index contributed by atoms with van der Waals surface area (Å²) in [4.78, 5) is 28.5. The van der Waals surface area contributed by atoms with E-state index in [9.17, 15) is 9.59 Å². The predicted molar refractivity (Wildman–Crippen MR) is 84.9 cm³/mol. The number of rotatable bonds is 4. The van der Waals surface area contributed by atoms with Gasteiger partial charge < -0.3 is 15.7 Å². The van der Waals surface area contributed by atoms with Crippen LogP contribution >= 0.6 is 11.3 Å². The van der Waals surface area contributed by atoms with Crippen molar-refractivity contribution in [3.05, 3.63) is 16.1 Å². The standard InChI is InChI=1S/C15H23N3O3S/c1-9-8-16-13(22-9)15(2,3)18-14(21)17-11-6-4-10(5-7-11)12(19)20/h8,10-11H,4-7H2,1-3H3,(H,19,20)(H2,17,18,21). The van der Waals surface area contributed by atoms with Crippen LogP contribution < -0.4 is 10.6 Å². The maximum absolute atomic E-state index is 12.2. The normalized spacial score (nSPS) is 22.1. The number of carbonyl (C=O) groups is 2. The second-order valence-electron chi connectivity index (χ2n) is 6.39. The topological polar surface area (TPSA) is 91.3 Å². The lowest BCUT2D eigenvalue weighted by Crippen LogP contribution is -2.50. The second-order valence-corrected chi connectivity index (χ2v) is 7.62. The lowest BCUT2D eigenvalue weighted by Gasteiger charge is -2.29. The van der Waals surface area contributed by atoms with Crippen molar-refractivity contribution in [1.82, 2.24) is 15.6 Å². The van der Waals surface area contributed by atoms with Crippen molar-refractivity contribution in [2.75, 3.05) is 0 Å². The summed E-state index contributed by atoms with van der Waals surface area (Å²) in [5.74, 6) is -1.00. The predicted octanol–water partition coefficient (Wildman–Crippen LogP) is 2.63. The van der Waals surface area contributed by atoms with Gasteiger partial charge in [0.1, 0.15) is 5.01 Å². The van der Waals surface area contributed by atoms with E-state index in [1.165, 1.54) is 0 Å². The number of nitrogens with one attached hydrogen (secondary N) is 2. The molecule has 1 aromatic heterocycles. The van der Waals surface area contributed by atoms with Crippen molar-refractivity contribution in [3.63, 3.8) is 0 Å². The van der Waals surface area contributed by atoms with Gasteiger partial charge in [-0.3, -0.25) is 4.79 Å². The van der Waals surface area contributed by atoms with Gasteiger partial charge in [-0.1, -0.05) is 0 Å². The zero-order valence-corrected chi connectivity index (χ0v) is 14.0. The number of hydrogen-bond acceptors (Lipinski definition) is 4. The van der Waals surface area contributed by atoms with Crippen molar-refractivity contribution >= 4 is 23.3 Å². The molecule has 1 aliphatic rings. The molecule has 0 saturated heterocycles. The Kier molecular flexibility index (Phi) is 5.05. The second kappa shape index (κ2) is 6.64. The van der Waals surface area contributed by atoms with E-state index < -0.39 is 11.5 Å². The van der Waals surface area contributed by atoms with Crippen LogP contribution in [0.2, 0.25) is 0 Å². The van der Waals surface area contributed by atoms with Gasteiger partial charge in [0.2, 0.25) is 0 Å². The molecule has 1 aromatic rings. The van der Waals surface area contributed by atoms with Gasteiger partial charge in [0, 0.05) is 17.1 Å². The molecule has 122 valence electrons. The first kappa shape index (κ1) is 16.7. The van der Waals surface area contributed by atoms with E-state index in [0.29, 0.717) is 25.7 Å². The van der Waals surface area contributed by atoms with Crippen molar-refractivity contribution in [3.8, 4) is 0 Å². The number of aliphatic carboxylic acids is 1. The number of aromatic nitrogens is 1. The summed E-state index contributed by atoms with van der Waals surface area (Å²) in [6.07, 6.45) is 4.46. The summed E-state index contributed by atoms with van der Waals surface area (Å²) in [5, 5.41) is 15.7. The Hall–Kier alpha value is -1.63. The first-order valence-corrected chi connectivity index (χ1v) is 8.34. The fourth-order valence-corrected chi connectivity index (χ4v) is 3.51. The van der Waals surface area contributed by atoms with E-state index in [-0.39, 0.29) is 18.0 Å². The highest BCUT2D eigenvalue weighted by Gasteiger charge is 2.29. The van der Waals surface area contributed by atoms with Crippen molar-refractivity contribution in [2.45, 2.75) is 58.0 Å². The first-order chi connectivity index (χ1) is 10.3. The fraction of sp³-hybridized carbons (Fsp3) is 0.667. The molecular formula is C15H23N3O3S. The molecule has 0 radical (unpaired) electrons. The maximum Gasteiger partial charge on any atom is 0.315 e. The molecule has 0 unspecified atom stereocenters. The van der Waals surface area contributed by atoms with E-state index in [4.69, 9.17) is 5.11 Å². The van der Waals surface area contributed by atoms with Crippen LogP contribution in [-0.2, 0) is 10.3 Å². The van der Waals surface area contributed by atoms with E-state index >= 15 is 0 Å². The minimum absolute atomic E-state index is 0.0458. The van der Waals surface area contributed by atoms with E-state index in [0.717, 1.165) is 9.88 Å². The summed E-state index contributed by atoms with van der Waals surface area (Å²) in [6, 6.07) is -0.180. The minimum Gasteiger partial charge on any atom is -0.481 e. The molecule has 1 heterocycles. The van der Waals surface area contributed by atoms with E-state index in [1.54, 1.807) is 17.5 Å². The van der Waals surface area contributed by atoms with Crippen LogP contribution in [0.4, 0.5) is 4.79 Å². The molecule has 0 bridgehead atoms. The average Bonchev–Trinajstić information content (AvgIpc) is 2.86. The zero-order valence-electron chi connectivity index (χ0n) is 13.2. The average molecular weight is 325 g/mol. The number of amides is 2. The highest BCUT2D eigenvalue weighted by molar-refractivity contribution is 7.11. The third-order valence-electron chi connectivity index (χ3n) is 3.99. The van der Waals surface area contributed by atoms with Crippen LogP contribution in [0.1, 0.15) is 49.4 Å². The highest BCUT2D eigenvalue weighted by Crippen LogP contribution is 2.26. The molecule has 2 amide bonds. The summed E-state index contributed by atoms with van der Waals surface area (Å²) in [6.45, 7) is 5.83. The van der Waals surface area contributed by atoms with Crippen LogP contribution in [0.15, 0.2) is 6.20 Å². The van der Waals surface area contributed by atoms with Gasteiger partial charge in [-0.05, 0) is 46.5 Å². The van der Waals surface area contributed by atoms with Crippen LogP contribution in [0, 0.1) is 12.8 Å². The number of thiazole rings is 1. The lowest BCUT2D eigenvalue weighted by atomic mass is 9.86. The summed E-state index contributed by atoms with van der Waals surface area (Å²) in [7, 11) is 0. The highest BCUT2D eigenvalue weighted by atomic mass is 32.1. The van der Waals surface area contributed by atoms with Crippen LogP contribution in [0.25, 0.3) is 0 Å². The monoisotopic (exact) mass is 325 g/mol. The van der Waals surface area contributed by atoms with E-state index in [2.05, 4.69) is 15.6 Å². The Balaban J connectivity index is 1.84. The smallest absolute Gasteiger partial charge is 0.315 e. The molecule has 1 fully saturated rings. The third-order valence-corrected chi connectivity index (χ3v) is 5.23. The molecule has 0 spiro atoms. The number of nitrogens with zero attached hydrogens (tertiary/aromatic N) is 1. The molecule has 2 rings (SSSR count). The summed E-state index contributed by atoms with van der Waals surface area (Å²) in [5.41, 5.74) is -0.527. The Morgan fingerprint density at radius 2 is 1.95 bits per heavy atom. The van der Waals surface area contributed by atoms with Gasteiger partial charge in [0.05, 0.1) is 11.5 Å². The molecule has 0 atom stereocenters. The van der Waals surface area contributed by atoms with Gasteiger partial charge in [-0.15, -0.1) is 11.3 Å². The number of hydrogen-bond donors (Lipinski definition) is 3. The molecule has 0 aliphatic heterocycles. The SMILES string of the molecule is Cc1cnc(C(C)(C)NC(=O)NC2CCC(C(=O)O)CC2)s1. The Morgan fingerprint density at radius 3 is 2.45 bits per heavy atom. The number of carbonyl (C=O) groups excluding carboxylic acids is 1. The van der Waals surface area contributed by atoms with E-state index in [1.807, 2.05) is 20.8 Å². The third kappa shape index (κ3) is 4.19. The molecule has 3 N–H and O–H groups in total.